The number of nitrogens with zero attached hydrogens (tertiary/aromatic N) is 2. The Kier molecular flexibility index (Phi) is 2.59. The molecule has 1 aromatic heterocycles. The smallest absolute Gasteiger partial charge is 0.333 e. The molecule has 0 N–H and O–H groups in total. The summed E-state index contributed by atoms with van der Waals surface area (Å²) in [5.41, 5.74) is -0.603. The van der Waals surface area contributed by atoms with E-state index in [2.05, 4.69) is 14.7 Å². The fourth-order valence-corrected chi connectivity index (χ4v) is 1.26. The van der Waals surface area contributed by atoms with E-state index in [0.29, 0.717) is 0 Å². The van der Waals surface area contributed by atoms with Crippen molar-refractivity contribution in [1.82, 2.24) is 10.1 Å². The molecule has 0 saturated heterocycles. The van der Waals surface area contributed by atoms with Crippen LogP contribution >= 0.6 is 11.6 Å². The Labute approximate surface area is 92.8 Å². The minimum atomic E-state index is -4.40. The summed E-state index contributed by atoms with van der Waals surface area (Å²) in [7, 11) is 0. The summed E-state index contributed by atoms with van der Waals surface area (Å²) in [5, 5.41) is 3.14. The van der Waals surface area contributed by atoms with Gasteiger partial charge < -0.3 is 4.52 Å². The lowest BCUT2D eigenvalue weighted by Gasteiger charge is -2.06. The number of hydrogen-bond donors (Lipinski definition) is 0. The molecule has 0 spiro atoms. The molecule has 16 heavy (non-hydrogen) atoms. The molecule has 0 amide bonds. The van der Waals surface area contributed by atoms with Crippen LogP contribution in [0.5, 0.6) is 0 Å². The van der Waals surface area contributed by atoms with Gasteiger partial charge in [-0.25, -0.2) is 0 Å². The molecule has 3 nitrogen and oxygen atoms in total. The Morgan fingerprint density at radius 3 is 2.56 bits per heavy atom. The number of aromatic nitrogens is 2. The van der Waals surface area contributed by atoms with E-state index in [9.17, 15) is 13.2 Å². The molecular formula is C9H4ClF3N2O. The minimum Gasteiger partial charge on any atom is -0.333 e. The molecule has 0 aliphatic carbocycles. The first-order valence-corrected chi connectivity index (χ1v) is 4.51. The van der Waals surface area contributed by atoms with Crippen molar-refractivity contribution < 1.29 is 17.7 Å². The van der Waals surface area contributed by atoms with Crippen LogP contribution in [0.25, 0.3) is 11.5 Å². The second kappa shape index (κ2) is 3.79. The summed E-state index contributed by atoms with van der Waals surface area (Å²) in [6.45, 7) is 0. The summed E-state index contributed by atoms with van der Waals surface area (Å²) in [5.74, 6) is -0.0453. The van der Waals surface area contributed by atoms with Crippen molar-refractivity contribution in [3.63, 3.8) is 0 Å². The first-order valence-electron chi connectivity index (χ1n) is 4.13. The van der Waals surface area contributed by atoms with Crippen LogP contribution in [-0.4, -0.2) is 10.1 Å². The number of alkyl halides is 3. The Hall–Kier alpha value is -1.56. The maximum atomic E-state index is 12.4. The van der Waals surface area contributed by atoms with E-state index >= 15 is 0 Å². The van der Waals surface area contributed by atoms with Crippen molar-refractivity contribution in [2.24, 2.45) is 0 Å². The summed E-state index contributed by atoms with van der Waals surface area (Å²) in [6.07, 6.45) is -4.40. The highest BCUT2D eigenvalue weighted by Crippen LogP contribution is 2.31. The molecule has 0 saturated carbocycles. The van der Waals surface area contributed by atoms with Crippen LogP contribution in [0.2, 0.25) is 5.28 Å². The minimum absolute atomic E-state index is 0.0453. The average Bonchev–Trinajstić information content (AvgIpc) is 2.64. The summed E-state index contributed by atoms with van der Waals surface area (Å²) in [4.78, 5) is 3.62. The first-order chi connectivity index (χ1) is 7.47. The third-order valence-corrected chi connectivity index (χ3v) is 1.99. The topological polar surface area (TPSA) is 38.9 Å². The molecule has 1 aromatic carbocycles. The van der Waals surface area contributed by atoms with E-state index in [1.807, 2.05) is 0 Å². The molecule has 2 aromatic rings. The molecule has 0 bridgehead atoms. The van der Waals surface area contributed by atoms with Crippen molar-refractivity contribution in [3.8, 4) is 11.5 Å². The predicted octanol–water partition coefficient (Wildman–Crippen LogP) is 3.41. The van der Waals surface area contributed by atoms with Gasteiger partial charge in [0.1, 0.15) is 0 Å². The lowest BCUT2D eigenvalue weighted by Crippen LogP contribution is -2.04. The number of halogens is 4. The molecule has 84 valence electrons. The van der Waals surface area contributed by atoms with E-state index in [4.69, 9.17) is 11.6 Å². The van der Waals surface area contributed by atoms with E-state index in [1.54, 1.807) is 0 Å². The number of hydrogen-bond acceptors (Lipinski definition) is 3. The lowest BCUT2D eigenvalue weighted by molar-refractivity contribution is -0.137. The van der Waals surface area contributed by atoms with Crippen molar-refractivity contribution >= 4 is 11.6 Å². The van der Waals surface area contributed by atoms with Crippen LogP contribution in [0.4, 0.5) is 13.2 Å². The molecule has 0 aliphatic rings. The van der Waals surface area contributed by atoms with Gasteiger partial charge in [0.05, 0.1) is 5.56 Å². The number of rotatable bonds is 1. The quantitative estimate of drug-likeness (QED) is 0.776. The van der Waals surface area contributed by atoms with Crippen LogP contribution in [-0.2, 0) is 6.18 Å². The Balaban J connectivity index is 2.44. The van der Waals surface area contributed by atoms with Crippen molar-refractivity contribution in [1.29, 1.82) is 0 Å². The average molecular weight is 249 g/mol. The van der Waals surface area contributed by atoms with Crippen LogP contribution in [0, 0.1) is 0 Å². The van der Waals surface area contributed by atoms with Crippen LogP contribution < -0.4 is 0 Å². The third kappa shape index (κ3) is 2.16. The van der Waals surface area contributed by atoms with Gasteiger partial charge in [-0.3, -0.25) is 0 Å². The predicted molar refractivity (Wildman–Crippen MR) is 49.7 cm³/mol. The van der Waals surface area contributed by atoms with Gasteiger partial charge >= 0.3 is 6.18 Å². The second-order valence-electron chi connectivity index (χ2n) is 2.95. The molecule has 0 unspecified atom stereocenters. The summed E-state index contributed by atoms with van der Waals surface area (Å²) in [6, 6.07) is 4.57. The maximum Gasteiger partial charge on any atom is 0.416 e. The molecule has 0 fully saturated rings. The SMILES string of the molecule is FC(F)(F)c1cccc(-c2nc(Cl)no2)c1. The molecule has 1 heterocycles. The molecule has 2 rings (SSSR count). The van der Waals surface area contributed by atoms with E-state index in [0.717, 1.165) is 12.1 Å². The maximum absolute atomic E-state index is 12.4. The zero-order valence-electron chi connectivity index (χ0n) is 7.62. The largest absolute Gasteiger partial charge is 0.416 e. The Bertz CT molecular complexity index is 509. The molecule has 0 radical (unpaired) electrons. The Morgan fingerprint density at radius 2 is 2.00 bits per heavy atom. The van der Waals surface area contributed by atoms with Crippen molar-refractivity contribution in [2.75, 3.05) is 0 Å². The van der Waals surface area contributed by atoms with Gasteiger partial charge in [-0.15, -0.1) is 0 Å². The van der Waals surface area contributed by atoms with Crippen LogP contribution in [0.15, 0.2) is 28.8 Å². The standard InChI is InChI=1S/C9H4ClF3N2O/c10-8-14-7(16-15-8)5-2-1-3-6(4-5)9(11,12)13/h1-4H. The second-order valence-corrected chi connectivity index (χ2v) is 3.29. The van der Waals surface area contributed by atoms with Gasteiger partial charge in [-0.05, 0) is 35.0 Å². The first kappa shape index (κ1) is 10.9. The Morgan fingerprint density at radius 1 is 1.25 bits per heavy atom. The highest BCUT2D eigenvalue weighted by atomic mass is 35.5. The normalized spacial score (nSPS) is 11.8. The highest BCUT2D eigenvalue weighted by Gasteiger charge is 2.30. The fourth-order valence-electron chi connectivity index (χ4n) is 1.15. The van der Waals surface area contributed by atoms with Gasteiger partial charge in [0, 0.05) is 5.56 Å². The molecular weight excluding hydrogens is 245 g/mol. The molecule has 0 atom stereocenters. The summed E-state index contributed by atoms with van der Waals surface area (Å²) >= 11 is 5.40. The van der Waals surface area contributed by atoms with Gasteiger partial charge in [-0.2, -0.15) is 18.2 Å². The van der Waals surface area contributed by atoms with E-state index < -0.39 is 11.7 Å². The van der Waals surface area contributed by atoms with Gasteiger partial charge in [-0.1, -0.05) is 6.07 Å². The van der Waals surface area contributed by atoms with Crippen LogP contribution in [0.3, 0.4) is 0 Å². The highest BCUT2D eigenvalue weighted by molar-refractivity contribution is 6.28. The number of benzene rings is 1. The zero-order chi connectivity index (χ0) is 11.8. The molecule has 7 heteroatoms. The zero-order valence-corrected chi connectivity index (χ0v) is 8.38. The monoisotopic (exact) mass is 248 g/mol. The van der Waals surface area contributed by atoms with Gasteiger partial charge in [0.25, 0.3) is 11.2 Å². The van der Waals surface area contributed by atoms with E-state index in [1.165, 1.54) is 12.1 Å². The lowest BCUT2D eigenvalue weighted by atomic mass is 10.1. The summed E-state index contributed by atoms with van der Waals surface area (Å²) < 4.78 is 41.8. The van der Waals surface area contributed by atoms with Crippen molar-refractivity contribution in [3.05, 3.63) is 35.1 Å². The van der Waals surface area contributed by atoms with E-state index in [-0.39, 0.29) is 16.7 Å². The third-order valence-electron chi connectivity index (χ3n) is 1.84. The fraction of sp³-hybridized carbons (Fsp3) is 0.111. The van der Waals surface area contributed by atoms with Crippen LogP contribution in [0.1, 0.15) is 5.56 Å². The molecule has 0 aliphatic heterocycles. The van der Waals surface area contributed by atoms with Gasteiger partial charge in [0.2, 0.25) is 0 Å². The van der Waals surface area contributed by atoms with Gasteiger partial charge in [0.15, 0.2) is 0 Å². The van der Waals surface area contributed by atoms with Crippen molar-refractivity contribution in [2.45, 2.75) is 6.18 Å².